The second kappa shape index (κ2) is 9.32. The van der Waals surface area contributed by atoms with E-state index in [1.54, 1.807) is 0 Å². The van der Waals surface area contributed by atoms with Crippen LogP contribution in [0.3, 0.4) is 0 Å². The van der Waals surface area contributed by atoms with Crippen LogP contribution in [0.15, 0.2) is 0 Å². The molecule has 1 aliphatic carbocycles. The maximum atomic E-state index is 12.1. The van der Waals surface area contributed by atoms with Crippen LogP contribution < -0.4 is 5.73 Å². The molecule has 0 heterocycles. The van der Waals surface area contributed by atoms with E-state index in [2.05, 4.69) is 0 Å². The lowest BCUT2D eigenvalue weighted by molar-refractivity contribution is -0.157. The van der Waals surface area contributed by atoms with E-state index >= 15 is 0 Å². The van der Waals surface area contributed by atoms with Crippen LogP contribution in [0.2, 0.25) is 0 Å². The van der Waals surface area contributed by atoms with Crippen molar-refractivity contribution >= 4 is 5.97 Å². The van der Waals surface area contributed by atoms with Crippen molar-refractivity contribution < 1.29 is 19.7 Å². The van der Waals surface area contributed by atoms with Crippen molar-refractivity contribution in [3.8, 4) is 0 Å². The first-order chi connectivity index (χ1) is 9.56. The summed E-state index contributed by atoms with van der Waals surface area (Å²) in [5.74, 6) is -0.725. The van der Waals surface area contributed by atoms with Crippen molar-refractivity contribution in [3.63, 3.8) is 0 Å². The van der Waals surface area contributed by atoms with Gasteiger partial charge in [-0.15, -0.1) is 0 Å². The summed E-state index contributed by atoms with van der Waals surface area (Å²) in [5, 5.41) is 19.3. The minimum absolute atomic E-state index is 0.365. The molecule has 20 heavy (non-hydrogen) atoms. The topological polar surface area (TPSA) is 92.8 Å². The molecule has 1 aliphatic rings. The van der Waals surface area contributed by atoms with E-state index < -0.39 is 24.2 Å². The lowest BCUT2D eigenvalue weighted by Gasteiger charge is -2.29. The standard InChI is InChI=1S/C15H29NO4/c1-2-3-9-20-15(19)12(13(17)14(16)18)10-11-7-5-4-6-8-11/h11-14,17-18H,2-10,16H2,1H3/t12-,13+,14?/m0/s1. The Morgan fingerprint density at radius 3 is 2.50 bits per heavy atom. The summed E-state index contributed by atoms with van der Waals surface area (Å²) in [6.07, 6.45) is 5.40. The van der Waals surface area contributed by atoms with Crippen molar-refractivity contribution in [1.29, 1.82) is 0 Å². The van der Waals surface area contributed by atoms with Gasteiger partial charge >= 0.3 is 5.97 Å². The van der Waals surface area contributed by atoms with Gasteiger partial charge in [-0.2, -0.15) is 0 Å². The molecular formula is C15H29NO4. The summed E-state index contributed by atoms with van der Waals surface area (Å²) in [7, 11) is 0. The minimum atomic E-state index is -1.40. The summed E-state index contributed by atoms with van der Waals surface area (Å²) in [6, 6.07) is 0. The maximum Gasteiger partial charge on any atom is 0.311 e. The first kappa shape index (κ1) is 17.4. The molecule has 5 heteroatoms. The van der Waals surface area contributed by atoms with Gasteiger partial charge in [0, 0.05) is 0 Å². The molecule has 0 amide bonds. The summed E-state index contributed by atoms with van der Waals surface area (Å²) in [6.45, 7) is 2.38. The molecule has 1 rings (SSSR count). The number of ether oxygens (including phenoxy) is 1. The Labute approximate surface area is 121 Å². The van der Waals surface area contributed by atoms with Crippen LogP contribution in [0.5, 0.6) is 0 Å². The van der Waals surface area contributed by atoms with Crippen LogP contribution in [0.25, 0.3) is 0 Å². The molecule has 0 aliphatic heterocycles. The number of esters is 1. The van der Waals surface area contributed by atoms with Crippen LogP contribution in [0.4, 0.5) is 0 Å². The van der Waals surface area contributed by atoms with Crippen molar-refractivity contribution in [2.24, 2.45) is 17.6 Å². The first-order valence-corrected chi connectivity index (χ1v) is 7.84. The number of carbonyl (C=O) groups is 1. The number of hydrogen-bond donors (Lipinski definition) is 3. The van der Waals surface area contributed by atoms with E-state index in [9.17, 15) is 15.0 Å². The largest absolute Gasteiger partial charge is 0.465 e. The zero-order valence-corrected chi connectivity index (χ0v) is 12.5. The van der Waals surface area contributed by atoms with Crippen molar-refractivity contribution in [1.82, 2.24) is 0 Å². The highest BCUT2D eigenvalue weighted by Crippen LogP contribution is 2.31. The fourth-order valence-corrected chi connectivity index (χ4v) is 2.82. The van der Waals surface area contributed by atoms with Gasteiger partial charge in [0.25, 0.3) is 0 Å². The fraction of sp³-hybridized carbons (Fsp3) is 0.933. The molecule has 0 saturated heterocycles. The van der Waals surface area contributed by atoms with Gasteiger partial charge in [-0.1, -0.05) is 45.4 Å². The zero-order valence-electron chi connectivity index (χ0n) is 12.5. The lowest BCUT2D eigenvalue weighted by Crippen LogP contribution is -2.44. The van der Waals surface area contributed by atoms with Gasteiger partial charge in [-0.05, 0) is 18.8 Å². The van der Waals surface area contributed by atoms with Crippen molar-refractivity contribution in [2.45, 2.75) is 70.6 Å². The number of aliphatic hydroxyl groups is 2. The average Bonchev–Trinajstić information content (AvgIpc) is 2.45. The fourth-order valence-electron chi connectivity index (χ4n) is 2.82. The molecule has 0 bridgehead atoms. The predicted molar refractivity (Wildman–Crippen MR) is 76.8 cm³/mol. The van der Waals surface area contributed by atoms with E-state index in [1.807, 2.05) is 6.92 Å². The van der Waals surface area contributed by atoms with Crippen LogP contribution in [0.1, 0.15) is 58.3 Å². The molecule has 1 unspecified atom stereocenters. The summed E-state index contributed by atoms with van der Waals surface area (Å²) < 4.78 is 5.19. The molecule has 0 aromatic rings. The van der Waals surface area contributed by atoms with Gasteiger partial charge in [0.2, 0.25) is 0 Å². The highest BCUT2D eigenvalue weighted by Gasteiger charge is 2.34. The second-order valence-electron chi connectivity index (χ2n) is 5.85. The average molecular weight is 287 g/mol. The molecule has 3 atom stereocenters. The third-order valence-electron chi connectivity index (χ3n) is 4.12. The minimum Gasteiger partial charge on any atom is -0.465 e. The van der Waals surface area contributed by atoms with E-state index in [0.717, 1.165) is 25.7 Å². The highest BCUT2D eigenvalue weighted by molar-refractivity contribution is 5.73. The molecular weight excluding hydrogens is 258 g/mol. The second-order valence-corrected chi connectivity index (χ2v) is 5.85. The Hall–Kier alpha value is -0.650. The predicted octanol–water partition coefficient (Wildman–Crippen LogP) is 1.55. The van der Waals surface area contributed by atoms with Crippen LogP contribution >= 0.6 is 0 Å². The third-order valence-corrected chi connectivity index (χ3v) is 4.12. The molecule has 1 saturated carbocycles. The van der Waals surface area contributed by atoms with Crippen LogP contribution in [0, 0.1) is 11.8 Å². The Morgan fingerprint density at radius 1 is 1.30 bits per heavy atom. The van der Waals surface area contributed by atoms with Gasteiger partial charge < -0.3 is 20.7 Å². The SMILES string of the molecule is CCCCOC(=O)[C@@H](CC1CCCCC1)[C@@H](O)C(N)O. The van der Waals surface area contributed by atoms with E-state index in [1.165, 1.54) is 19.3 Å². The van der Waals surface area contributed by atoms with Crippen molar-refractivity contribution in [2.75, 3.05) is 6.61 Å². The zero-order chi connectivity index (χ0) is 15.0. The van der Waals surface area contributed by atoms with Crippen LogP contribution in [-0.4, -0.2) is 35.1 Å². The Kier molecular flexibility index (Phi) is 8.11. The monoisotopic (exact) mass is 287 g/mol. The van der Waals surface area contributed by atoms with Crippen LogP contribution in [-0.2, 0) is 9.53 Å². The maximum absolute atomic E-state index is 12.1. The number of carbonyl (C=O) groups excluding carboxylic acids is 1. The first-order valence-electron chi connectivity index (χ1n) is 7.84. The highest BCUT2D eigenvalue weighted by atomic mass is 16.5. The third kappa shape index (κ3) is 5.77. The number of rotatable bonds is 8. The van der Waals surface area contributed by atoms with Gasteiger partial charge in [-0.3, -0.25) is 4.79 Å². The van der Waals surface area contributed by atoms with Gasteiger partial charge in [0.1, 0.15) is 12.3 Å². The molecule has 0 aromatic carbocycles. The summed E-state index contributed by atoms with van der Waals surface area (Å²) >= 11 is 0. The van der Waals surface area contributed by atoms with E-state index in [4.69, 9.17) is 10.5 Å². The molecule has 0 radical (unpaired) electrons. The lowest BCUT2D eigenvalue weighted by atomic mass is 9.81. The Bertz CT molecular complexity index is 277. The smallest absolute Gasteiger partial charge is 0.311 e. The number of unbranched alkanes of at least 4 members (excludes halogenated alkanes) is 1. The van der Waals surface area contributed by atoms with Gasteiger partial charge in [0.05, 0.1) is 12.5 Å². The van der Waals surface area contributed by atoms with E-state index in [-0.39, 0.29) is 0 Å². The molecule has 0 spiro atoms. The molecule has 118 valence electrons. The normalized spacial score (nSPS) is 21.2. The Morgan fingerprint density at radius 2 is 1.95 bits per heavy atom. The van der Waals surface area contributed by atoms with Gasteiger partial charge in [0.15, 0.2) is 0 Å². The summed E-state index contributed by atoms with van der Waals surface area (Å²) in [4.78, 5) is 12.1. The number of nitrogens with two attached hydrogens (primary N) is 1. The Balaban J connectivity index is 2.56. The quantitative estimate of drug-likeness (QED) is 0.358. The van der Waals surface area contributed by atoms with Gasteiger partial charge in [-0.25, -0.2) is 0 Å². The van der Waals surface area contributed by atoms with Crippen molar-refractivity contribution in [3.05, 3.63) is 0 Å². The van der Waals surface area contributed by atoms with E-state index in [0.29, 0.717) is 18.9 Å². The molecule has 1 fully saturated rings. The summed E-state index contributed by atoms with van der Waals surface area (Å²) in [5.41, 5.74) is 5.33. The molecule has 4 N–H and O–H groups in total. The molecule has 5 nitrogen and oxygen atoms in total. The number of aliphatic hydroxyl groups excluding tert-OH is 2. The number of hydrogen-bond acceptors (Lipinski definition) is 5. The molecule has 0 aromatic heterocycles.